The van der Waals surface area contributed by atoms with Gasteiger partial charge in [-0.2, -0.15) is 0 Å². The molecule has 0 aromatic heterocycles. The summed E-state index contributed by atoms with van der Waals surface area (Å²) in [5.41, 5.74) is 0.811. The van der Waals surface area contributed by atoms with Gasteiger partial charge in [-0.1, -0.05) is 6.07 Å². The number of benzene rings is 1. The lowest BCUT2D eigenvalue weighted by molar-refractivity contribution is -0.384. The fourth-order valence-electron chi connectivity index (χ4n) is 3.00. The largest absolute Gasteiger partial charge is 0.379 e. The average molecular weight is 319 g/mol. The van der Waals surface area contributed by atoms with E-state index in [2.05, 4.69) is 0 Å². The Morgan fingerprint density at radius 3 is 2.61 bits per heavy atom. The van der Waals surface area contributed by atoms with Crippen molar-refractivity contribution in [3.63, 3.8) is 0 Å². The Kier molecular flexibility index (Phi) is 4.10. The highest BCUT2D eigenvalue weighted by Gasteiger charge is 2.43. The molecular formula is C15H17N3O5. The third kappa shape index (κ3) is 2.82. The molecule has 0 N–H and O–H groups in total. The second-order valence-corrected chi connectivity index (χ2v) is 5.66. The third-order valence-electron chi connectivity index (χ3n) is 4.25. The van der Waals surface area contributed by atoms with Crippen LogP contribution in [0.1, 0.15) is 12.0 Å². The van der Waals surface area contributed by atoms with Crippen molar-refractivity contribution in [2.45, 2.75) is 19.4 Å². The molecule has 23 heavy (non-hydrogen) atoms. The third-order valence-corrected chi connectivity index (χ3v) is 4.25. The number of carbonyl (C=O) groups is 2. The van der Waals surface area contributed by atoms with Crippen LogP contribution in [-0.2, 0) is 14.3 Å². The number of ether oxygens (including phenoxy) is 1. The van der Waals surface area contributed by atoms with Gasteiger partial charge in [-0.25, -0.2) is 4.90 Å². The zero-order valence-electron chi connectivity index (χ0n) is 12.7. The molecule has 2 heterocycles. The molecule has 2 amide bonds. The zero-order valence-corrected chi connectivity index (χ0v) is 12.7. The number of aryl methyl sites for hydroxylation is 1. The maximum absolute atomic E-state index is 12.7. The van der Waals surface area contributed by atoms with Crippen LogP contribution in [0.25, 0.3) is 0 Å². The highest BCUT2D eigenvalue weighted by molar-refractivity contribution is 6.22. The van der Waals surface area contributed by atoms with Gasteiger partial charge in [0.15, 0.2) is 0 Å². The predicted octanol–water partition coefficient (Wildman–Crippen LogP) is 0.867. The van der Waals surface area contributed by atoms with Crippen LogP contribution in [0.4, 0.5) is 11.4 Å². The average Bonchev–Trinajstić information content (AvgIpc) is 2.83. The highest BCUT2D eigenvalue weighted by Crippen LogP contribution is 2.31. The number of hydrogen-bond donors (Lipinski definition) is 0. The first kappa shape index (κ1) is 15.6. The Morgan fingerprint density at radius 1 is 1.26 bits per heavy atom. The van der Waals surface area contributed by atoms with E-state index < -0.39 is 11.0 Å². The van der Waals surface area contributed by atoms with Crippen molar-refractivity contribution in [3.05, 3.63) is 33.9 Å². The molecular weight excluding hydrogens is 302 g/mol. The minimum absolute atomic E-state index is 0.0982. The lowest BCUT2D eigenvalue weighted by Crippen LogP contribution is -2.47. The standard InChI is InChI=1S/C15H17N3O5/c1-10-2-3-11(18(21)22)8-12(10)17-14(19)9-13(15(17)20)16-4-6-23-7-5-16/h2-3,8,13H,4-7,9H2,1H3. The first-order valence-corrected chi connectivity index (χ1v) is 7.42. The lowest BCUT2D eigenvalue weighted by atomic mass is 10.1. The molecule has 1 aromatic rings. The quantitative estimate of drug-likeness (QED) is 0.466. The van der Waals surface area contributed by atoms with E-state index in [0.717, 1.165) is 4.90 Å². The molecule has 122 valence electrons. The molecule has 3 rings (SSSR count). The van der Waals surface area contributed by atoms with Gasteiger partial charge < -0.3 is 4.74 Å². The van der Waals surface area contributed by atoms with E-state index >= 15 is 0 Å². The zero-order chi connectivity index (χ0) is 16.6. The maximum Gasteiger partial charge on any atom is 0.271 e. The minimum atomic E-state index is -0.534. The van der Waals surface area contributed by atoms with Crippen LogP contribution in [0.5, 0.6) is 0 Å². The lowest BCUT2D eigenvalue weighted by Gasteiger charge is -2.30. The molecule has 1 atom stereocenters. The number of nitro groups is 1. The van der Waals surface area contributed by atoms with Crippen LogP contribution in [0, 0.1) is 17.0 Å². The van der Waals surface area contributed by atoms with Gasteiger partial charge in [-0.15, -0.1) is 0 Å². The maximum atomic E-state index is 12.7. The number of nitrogens with zero attached hydrogens (tertiary/aromatic N) is 3. The predicted molar refractivity (Wildman–Crippen MR) is 81.1 cm³/mol. The Balaban J connectivity index is 1.91. The summed E-state index contributed by atoms with van der Waals surface area (Å²) in [6, 6.07) is 3.69. The number of amides is 2. The molecule has 8 nitrogen and oxygen atoms in total. The molecule has 2 fully saturated rings. The van der Waals surface area contributed by atoms with Crippen molar-refractivity contribution in [2.24, 2.45) is 0 Å². The topological polar surface area (TPSA) is 93.0 Å². The summed E-state index contributed by atoms with van der Waals surface area (Å²) in [5, 5.41) is 10.9. The Morgan fingerprint density at radius 2 is 1.96 bits per heavy atom. The fourth-order valence-corrected chi connectivity index (χ4v) is 3.00. The number of hydrogen-bond acceptors (Lipinski definition) is 6. The smallest absolute Gasteiger partial charge is 0.271 e. The van der Waals surface area contributed by atoms with Gasteiger partial charge in [-0.05, 0) is 12.5 Å². The first-order valence-electron chi connectivity index (χ1n) is 7.42. The fraction of sp³-hybridized carbons (Fsp3) is 0.467. The molecule has 0 radical (unpaired) electrons. The molecule has 0 saturated carbocycles. The van der Waals surface area contributed by atoms with E-state index in [9.17, 15) is 19.7 Å². The molecule has 1 aromatic carbocycles. The van der Waals surface area contributed by atoms with Crippen molar-refractivity contribution < 1.29 is 19.2 Å². The minimum Gasteiger partial charge on any atom is -0.379 e. The van der Waals surface area contributed by atoms with Gasteiger partial charge in [-0.3, -0.25) is 24.6 Å². The number of rotatable bonds is 3. The summed E-state index contributed by atoms with van der Waals surface area (Å²) in [5.74, 6) is -0.643. The van der Waals surface area contributed by atoms with E-state index in [1.165, 1.54) is 12.1 Å². The van der Waals surface area contributed by atoms with Crippen LogP contribution in [0.15, 0.2) is 18.2 Å². The van der Waals surface area contributed by atoms with Crippen LogP contribution < -0.4 is 4.90 Å². The number of anilines is 1. The Bertz CT molecular complexity index is 669. The molecule has 0 bridgehead atoms. The van der Waals surface area contributed by atoms with Crippen LogP contribution in [0.2, 0.25) is 0 Å². The molecule has 0 aliphatic carbocycles. The van der Waals surface area contributed by atoms with Gasteiger partial charge in [0.2, 0.25) is 5.91 Å². The number of morpholine rings is 1. The summed E-state index contributed by atoms with van der Waals surface area (Å²) in [7, 11) is 0. The second-order valence-electron chi connectivity index (χ2n) is 5.66. The van der Waals surface area contributed by atoms with Gasteiger partial charge in [0, 0.05) is 25.2 Å². The number of imide groups is 1. The molecule has 0 spiro atoms. The van der Waals surface area contributed by atoms with Crippen LogP contribution in [0.3, 0.4) is 0 Å². The normalized spacial score (nSPS) is 22.7. The van der Waals surface area contributed by atoms with E-state index in [4.69, 9.17) is 4.74 Å². The highest BCUT2D eigenvalue weighted by atomic mass is 16.6. The first-order chi connectivity index (χ1) is 11.0. The molecule has 2 saturated heterocycles. The van der Waals surface area contributed by atoms with E-state index in [1.807, 2.05) is 4.90 Å². The number of carbonyl (C=O) groups excluding carboxylic acids is 2. The monoisotopic (exact) mass is 319 g/mol. The molecule has 8 heteroatoms. The van der Waals surface area contributed by atoms with Gasteiger partial charge in [0.1, 0.15) is 0 Å². The van der Waals surface area contributed by atoms with Crippen molar-refractivity contribution >= 4 is 23.2 Å². The summed E-state index contributed by atoms with van der Waals surface area (Å²) >= 11 is 0. The molecule has 2 aliphatic rings. The van der Waals surface area contributed by atoms with Gasteiger partial charge >= 0.3 is 0 Å². The van der Waals surface area contributed by atoms with Crippen LogP contribution >= 0.6 is 0 Å². The van der Waals surface area contributed by atoms with Gasteiger partial charge in [0.05, 0.1) is 36.3 Å². The van der Waals surface area contributed by atoms with Crippen molar-refractivity contribution in [3.8, 4) is 0 Å². The van der Waals surface area contributed by atoms with Crippen LogP contribution in [-0.4, -0.2) is 54.0 Å². The molecule has 1 unspecified atom stereocenters. The summed E-state index contributed by atoms with van der Waals surface area (Å²) in [6.07, 6.45) is 0.0982. The summed E-state index contributed by atoms with van der Waals surface area (Å²) in [4.78, 5) is 38.5. The van der Waals surface area contributed by atoms with Crippen molar-refractivity contribution in [1.82, 2.24) is 4.90 Å². The van der Waals surface area contributed by atoms with Crippen molar-refractivity contribution in [2.75, 3.05) is 31.2 Å². The van der Waals surface area contributed by atoms with E-state index in [-0.39, 0.29) is 23.9 Å². The summed E-state index contributed by atoms with van der Waals surface area (Å²) in [6.45, 7) is 4.00. The number of nitro benzene ring substituents is 1. The SMILES string of the molecule is Cc1ccc([N+](=O)[O-])cc1N1C(=O)CC(N2CCOCC2)C1=O. The summed E-state index contributed by atoms with van der Waals surface area (Å²) < 4.78 is 5.27. The van der Waals surface area contributed by atoms with E-state index in [0.29, 0.717) is 37.6 Å². The molecule has 2 aliphatic heterocycles. The van der Waals surface area contributed by atoms with E-state index in [1.54, 1.807) is 13.0 Å². The Hall–Kier alpha value is -2.32. The number of non-ortho nitro benzene ring substituents is 1. The van der Waals surface area contributed by atoms with Gasteiger partial charge in [0.25, 0.3) is 11.6 Å². The van der Waals surface area contributed by atoms with Crippen molar-refractivity contribution in [1.29, 1.82) is 0 Å². The Labute approximate surface area is 132 Å². The second kappa shape index (κ2) is 6.05.